The Morgan fingerprint density at radius 2 is 1.88 bits per heavy atom. The molecule has 0 aromatic heterocycles. The summed E-state index contributed by atoms with van der Waals surface area (Å²) in [6.07, 6.45) is 0. The number of benzene rings is 2. The summed E-state index contributed by atoms with van der Waals surface area (Å²) in [5.41, 5.74) is 1.65. The number of aryl methyl sites for hydroxylation is 1. The maximum atomic E-state index is 13.2. The van der Waals surface area contributed by atoms with Crippen LogP contribution in [0, 0.1) is 12.7 Å². The third kappa shape index (κ3) is 2.61. The van der Waals surface area contributed by atoms with Crippen LogP contribution in [0.3, 0.4) is 0 Å². The second-order valence-corrected chi connectivity index (χ2v) is 4.68. The molecule has 17 heavy (non-hydrogen) atoms. The van der Waals surface area contributed by atoms with Gasteiger partial charge in [0, 0.05) is 15.6 Å². The molecule has 0 bridgehead atoms. The number of ketones is 1. The van der Waals surface area contributed by atoms with Crippen molar-refractivity contribution in [3.8, 4) is 0 Å². The van der Waals surface area contributed by atoms with Crippen molar-refractivity contribution in [3.05, 3.63) is 69.4 Å². The molecule has 2 aromatic carbocycles. The molecule has 0 spiro atoms. The minimum atomic E-state index is -0.389. The highest BCUT2D eigenvalue weighted by atomic mass is 79.9. The molecule has 0 saturated carbocycles. The van der Waals surface area contributed by atoms with Gasteiger partial charge >= 0.3 is 0 Å². The SMILES string of the molecule is Cc1cc(F)cc(C(=O)c2ccccc2Br)c1. The third-order valence-corrected chi connectivity index (χ3v) is 3.11. The van der Waals surface area contributed by atoms with Gasteiger partial charge in [-0.1, -0.05) is 28.1 Å². The van der Waals surface area contributed by atoms with Crippen LogP contribution in [0.15, 0.2) is 46.9 Å². The van der Waals surface area contributed by atoms with Gasteiger partial charge in [-0.3, -0.25) is 4.79 Å². The van der Waals surface area contributed by atoms with Crippen LogP contribution in [0.25, 0.3) is 0 Å². The van der Waals surface area contributed by atoms with Crippen molar-refractivity contribution in [3.63, 3.8) is 0 Å². The molecule has 3 heteroatoms. The lowest BCUT2D eigenvalue weighted by Gasteiger charge is -2.05. The van der Waals surface area contributed by atoms with E-state index in [1.807, 2.05) is 6.07 Å². The first-order valence-corrected chi connectivity index (χ1v) is 5.93. The molecule has 86 valence electrons. The van der Waals surface area contributed by atoms with E-state index < -0.39 is 0 Å². The van der Waals surface area contributed by atoms with Crippen molar-refractivity contribution >= 4 is 21.7 Å². The third-order valence-electron chi connectivity index (χ3n) is 2.42. The number of carbonyl (C=O) groups is 1. The summed E-state index contributed by atoms with van der Waals surface area (Å²) in [6, 6.07) is 11.5. The fraction of sp³-hybridized carbons (Fsp3) is 0.0714. The monoisotopic (exact) mass is 292 g/mol. The summed E-state index contributed by atoms with van der Waals surface area (Å²) >= 11 is 3.32. The van der Waals surface area contributed by atoms with Gasteiger partial charge in [0.05, 0.1) is 0 Å². The molecule has 2 rings (SSSR count). The van der Waals surface area contributed by atoms with Gasteiger partial charge in [0.25, 0.3) is 0 Å². The molecular formula is C14H10BrFO. The number of carbonyl (C=O) groups excluding carboxylic acids is 1. The summed E-state index contributed by atoms with van der Waals surface area (Å²) in [5, 5.41) is 0. The van der Waals surface area contributed by atoms with Crippen molar-refractivity contribution in [2.75, 3.05) is 0 Å². The lowest BCUT2D eigenvalue weighted by molar-refractivity contribution is 0.103. The zero-order chi connectivity index (χ0) is 12.4. The highest BCUT2D eigenvalue weighted by Gasteiger charge is 2.13. The van der Waals surface area contributed by atoms with E-state index in [0.717, 1.165) is 5.56 Å². The Morgan fingerprint density at radius 3 is 2.53 bits per heavy atom. The molecule has 0 saturated heterocycles. The number of hydrogen-bond donors (Lipinski definition) is 0. The maximum Gasteiger partial charge on any atom is 0.194 e. The van der Waals surface area contributed by atoms with E-state index in [1.165, 1.54) is 12.1 Å². The summed E-state index contributed by atoms with van der Waals surface area (Å²) in [7, 11) is 0. The first kappa shape index (κ1) is 12.0. The largest absolute Gasteiger partial charge is 0.289 e. The van der Waals surface area contributed by atoms with Crippen LogP contribution in [-0.2, 0) is 0 Å². The van der Waals surface area contributed by atoms with Crippen LogP contribution in [0.5, 0.6) is 0 Å². The highest BCUT2D eigenvalue weighted by Crippen LogP contribution is 2.20. The molecular weight excluding hydrogens is 283 g/mol. The topological polar surface area (TPSA) is 17.1 Å². The van der Waals surface area contributed by atoms with Crippen LogP contribution in [0.4, 0.5) is 4.39 Å². The van der Waals surface area contributed by atoms with Gasteiger partial charge in [0.15, 0.2) is 5.78 Å². The summed E-state index contributed by atoms with van der Waals surface area (Å²) in [6.45, 7) is 1.76. The molecule has 0 aliphatic carbocycles. The fourth-order valence-corrected chi connectivity index (χ4v) is 2.13. The van der Waals surface area contributed by atoms with Gasteiger partial charge < -0.3 is 0 Å². The molecule has 0 unspecified atom stereocenters. The smallest absolute Gasteiger partial charge is 0.194 e. The van der Waals surface area contributed by atoms with E-state index >= 15 is 0 Å². The second kappa shape index (κ2) is 4.80. The Labute approximate surface area is 107 Å². The first-order chi connectivity index (χ1) is 8.08. The first-order valence-electron chi connectivity index (χ1n) is 5.14. The number of halogens is 2. The lowest BCUT2D eigenvalue weighted by Crippen LogP contribution is -2.03. The van der Waals surface area contributed by atoms with Crippen molar-refractivity contribution in [1.29, 1.82) is 0 Å². The predicted molar refractivity (Wildman–Crippen MR) is 68.7 cm³/mol. The number of rotatable bonds is 2. The van der Waals surface area contributed by atoms with Crippen LogP contribution in [0.1, 0.15) is 21.5 Å². The normalized spacial score (nSPS) is 10.3. The molecule has 1 nitrogen and oxygen atoms in total. The Morgan fingerprint density at radius 1 is 1.18 bits per heavy atom. The zero-order valence-electron chi connectivity index (χ0n) is 9.21. The minimum absolute atomic E-state index is 0.180. The average Bonchev–Trinajstić information content (AvgIpc) is 2.27. The Balaban J connectivity index is 2.48. The van der Waals surface area contributed by atoms with Gasteiger partial charge in [0.1, 0.15) is 5.82 Å². The fourth-order valence-electron chi connectivity index (χ4n) is 1.67. The molecule has 2 aromatic rings. The molecule has 0 atom stereocenters. The van der Waals surface area contributed by atoms with Crippen molar-refractivity contribution < 1.29 is 9.18 Å². The van der Waals surface area contributed by atoms with E-state index in [4.69, 9.17) is 0 Å². The molecule has 0 radical (unpaired) electrons. The van der Waals surface area contributed by atoms with E-state index in [1.54, 1.807) is 31.2 Å². The minimum Gasteiger partial charge on any atom is -0.289 e. The van der Waals surface area contributed by atoms with Crippen molar-refractivity contribution in [2.45, 2.75) is 6.92 Å². The summed E-state index contributed by atoms with van der Waals surface area (Å²) < 4.78 is 14.0. The van der Waals surface area contributed by atoms with Crippen molar-refractivity contribution in [1.82, 2.24) is 0 Å². The zero-order valence-corrected chi connectivity index (χ0v) is 10.8. The van der Waals surface area contributed by atoms with Crippen LogP contribution < -0.4 is 0 Å². The molecule has 0 heterocycles. The Bertz CT molecular complexity index is 558. The predicted octanol–water partition coefficient (Wildman–Crippen LogP) is 4.13. The molecule has 0 amide bonds. The Hall–Kier alpha value is -1.48. The highest BCUT2D eigenvalue weighted by molar-refractivity contribution is 9.10. The van der Waals surface area contributed by atoms with E-state index in [9.17, 15) is 9.18 Å². The maximum absolute atomic E-state index is 13.2. The van der Waals surface area contributed by atoms with Gasteiger partial charge in [-0.2, -0.15) is 0 Å². The van der Waals surface area contributed by atoms with E-state index in [0.29, 0.717) is 15.6 Å². The van der Waals surface area contributed by atoms with Gasteiger partial charge in [-0.15, -0.1) is 0 Å². The van der Waals surface area contributed by atoms with Gasteiger partial charge in [-0.05, 0) is 42.8 Å². The van der Waals surface area contributed by atoms with Crippen LogP contribution >= 0.6 is 15.9 Å². The quantitative estimate of drug-likeness (QED) is 0.761. The van der Waals surface area contributed by atoms with E-state index in [-0.39, 0.29) is 11.6 Å². The summed E-state index contributed by atoms with van der Waals surface area (Å²) in [4.78, 5) is 12.2. The second-order valence-electron chi connectivity index (χ2n) is 3.83. The molecule has 0 aliphatic heterocycles. The lowest BCUT2D eigenvalue weighted by atomic mass is 10.0. The number of hydrogen-bond acceptors (Lipinski definition) is 1. The Kier molecular flexibility index (Phi) is 3.38. The summed E-state index contributed by atoms with van der Waals surface area (Å²) in [5.74, 6) is -0.569. The van der Waals surface area contributed by atoms with E-state index in [2.05, 4.69) is 15.9 Å². The van der Waals surface area contributed by atoms with Gasteiger partial charge in [-0.25, -0.2) is 4.39 Å². The van der Waals surface area contributed by atoms with Crippen molar-refractivity contribution in [2.24, 2.45) is 0 Å². The average molecular weight is 293 g/mol. The molecule has 0 fully saturated rings. The van der Waals surface area contributed by atoms with Crippen LogP contribution in [0.2, 0.25) is 0 Å². The molecule has 0 aliphatic rings. The van der Waals surface area contributed by atoms with Gasteiger partial charge in [0.2, 0.25) is 0 Å². The van der Waals surface area contributed by atoms with Crippen LogP contribution in [-0.4, -0.2) is 5.78 Å². The molecule has 0 N–H and O–H groups in total. The standard InChI is InChI=1S/C14H10BrFO/c1-9-6-10(8-11(16)7-9)14(17)12-4-2-3-5-13(12)15/h2-8H,1H3.